The molecule has 5 heteroatoms. The van der Waals surface area contributed by atoms with Gasteiger partial charge in [0.15, 0.2) is 0 Å². The first-order valence-corrected chi connectivity index (χ1v) is 11.9. The fourth-order valence-corrected chi connectivity index (χ4v) is 4.65. The second kappa shape index (κ2) is 11.7. The van der Waals surface area contributed by atoms with E-state index in [9.17, 15) is 0 Å². The Morgan fingerprint density at radius 1 is 0.594 bits per heavy atom. The third-order valence-electron chi connectivity index (χ3n) is 5.57. The first-order chi connectivity index (χ1) is 15.7. The second-order valence-electron chi connectivity index (χ2n) is 7.98. The van der Waals surface area contributed by atoms with Gasteiger partial charge in [-0.3, -0.25) is 0 Å². The summed E-state index contributed by atoms with van der Waals surface area (Å²) in [6.07, 6.45) is -1.04. The highest BCUT2D eigenvalue weighted by atomic mass is 79.9. The van der Waals surface area contributed by atoms with Crippen LogP contribution in [0.5, 0.6) is 0 Å². The summed E-state index contributed by atoms with van der Waals surface area (Å²) in [7, 11) is 0. The molecule has 0 radical (unpaired) electrons. The van der Waals surface area contributed by atoms with E-state index in [4.69, 9.17) is 18.9 Å². The Bertz CT molecular complexity index is 867. The molecule has 5 atom stereocenters. The molecule has 0 aromatic heterocycles. The van der Waals surface area contributed by atoms with Gasteiger partial charge in [-0.05, 0) is 23.6 Å². The van der Waals surface area contributed by atoms with Crippen LogP contribution < -0.4 is 0 Å². The van der Waals surface area contributed by atoms with E-state index in [0.717, 1.165) is 16.7 Å². The molecule has 1 fully saturated rings. The maximum atomic E-state index is 6.45. The highest BCUT2D eigenvalue weighted by Gasteiger charge is 2.45. The summed E-state index contributed by atoms with van der Waals surface area (Å²) in [5, 5.41) is -0.293. The van der Waals surface area contributed by atoms with Gasteiger partial charge in [-0.25, -0.2) is 0 Å². The molecule has 4 nitrogen and oxygen atoms in total. The molecule has 1 aliphatic heterocycles. The van der Waals surface area contributed by atoms with Gasteiger partial charge in [-0.15, -0.1) is 0 Å². The molecule has 0 saturated carbocycles. The van der Waals surface area contributed by atoms with Crippen molar-refractivity contribution in [3.63, 3.8) is 0 Å². The SMILES string of the molecule is C[C@H]1OC(Br)[C@H](OCc2ccccc2)[C@@H](OCc2ccccc2)[C@H]1OCc1ccccc1. The van der Waals surface area contributed by atoms with Crippen LogP contribution in [0.2, 0.25) is 0 Å². The molecular formula is C27H29BrO4. The van der Waals surface area contributed by atoms with Crippen LogP contribution in [0.15, 0.2) is 91.0 Å². The van der Waals surface area contributed by atoms with Crippen LogP contribution >= 0.6 is 15.9 Å². The smallest absolute Gasteiger partial charge is 0.141 e. The molecule has 32 heavy (non-hydrogen) atoms. The minimum absolute atomic E-state index is 0.152. The van der Waals surface area contributed by atoms with E-state index in [-0.39, 0.29) is 29.4 Å². The Morgan fingerprint density at radius 2 is 0.969 bits per heavy atom. The van der Waals surface area contributed by atoms with E-state index in [1.165, 1.54) is 0 Å². The predicted molar refractivity (Wildman–Crippen MR) is 128 cm³/mol. The highest BCUT2D eigenvalue weighted by Crippen LogP contribution is 2.32. The van der Waals surface area contributed by atoms with Gasteiger partial charge in [0, 0.05) is 0 Å². The van der Waals surface area contributed by atoms with Crippen molar-refractivity contribution in [1.29, 1.82) is 0 Å². The maximum absolute atomic E-state index is 6.45. The lowest BCUT2D eigenvalue weighted by Gasteiger charge is -2.43. The van der Waals surface area contributed by atoms with Gasteiger partial charge in [-0.1, -0.05) is 107 Å². The lowest BCUT2D eigenvalue weighted by molar-refractivity contribution is -0.241. The van der Waals surface area contributed by atoms with Gasteiger partial charge in [-0.2, -0.15) is 0 Å². The summed E-state index contributed by atoms with van der Waals surface area (Å²) in [6, 6.07) is 30.5. The fraction of sp³-hybridized carbons (Fsp3) is 0.333. The molecule has 168 valence electrons. The summed E-state index contributed by atoms with van der Waals surface area (Å²) in [6.45, 7) is 3.47. The third-order valence-corrected chi connectivity index (χ3v) is 6.31. The number of ether oxygens (including phenoxy) is 4. The molecule has 3 aromatic rings. The maximum Gasteiger partial charge on any atom is 0.141 e. The number of halogens is 1. The van der Waals surface area contributed by atoms with Crippen molar-refractivity contribution >= 4 is 15.9 Å². The van der Waals surface area contributed by atoms with E-state index in [2.05, 4.69) is 52.3 Å². The Balaban J connectivity index is 1.50. The highest BCUT2D eigenvalue weighted by molar-refractivity contribution is 9.09. The van der Waals surface area contributed by atoms with E-state index in [1.54, 1.807) is 0 Å². The summed E-state index contributed by atoms with van der Waals surface area (Å²) in [5.41, 5.74) is 3.33. The Morgan fingerprint density at radius 3 is 1.41 bits per heavy atom. The van der Waals surface area contributed by atoms with Crippen LogP contribution in [0.4, 0.5) is 0 Å². The molecule has 0 aliphatic carbocycles. The summed E-state index contributed by atoms with van der Waals surface area (Å²) in [4.78, 5) is 0. The van der Waals surface area contributed by atoms with Crippen LogP contribution in [-0.4, -0.2) is 29.4 Å². The Kier molecular flexibility index (Phi) is 8.49. The molecule has 0 N–H and O–H groups in total. The average molecular weight is 497 g/mol. The van der Waals surface area contributed by atoms with E-state index in [0.29, 0.717) is 19.8 Å². The normalized spacial score (nSPS) is 25.5. The van der Waals surface area contributed by atoms with Crippen molar-refractivity contribution in [2.24, 2.45) is 0 Å². The predicted octanol–water partition coefficient (Wildman–Crippen LogP) is 5.88. The number of rotatable bonds is 9. The lowest BCUT2D eigenvalue weighted by Crippen LogP contribution is -2.57. The Labute approximate surface area is 198 Å². The monoisotopic (exact) mass is 496 g/mol. The molecule has 1 heterocycles. The van der Waals surface area contributed by atoms with Gasteiger partial charge in [0.05, 0.1) is 25.9 Å². The topological polar surface area (TPSA) is 36.9 Å². The lowest BCUT2D eigenvalue weighted by atomic mass is 10.00. The minimum Gasteiger partial charge on any atom is -0.368 e. The fourth-order valence-electron chi connectivity index (χ4n) is 3.85. The third kappa shape index (κ3) is 6.27. The van der Waals surface area contributed by atoms with Crippen molar-refractivity contribution in [2.45, 2.75) is 56.2 Å². The first kappa shape index (κ1) is 23.1. The van der Waals surface area contributed by atoms with Gasteiger partial charge < -0.3 is 18.9 Å². The van der Waals surface area contributed by atoms with Crippen molar-refractivity contribution in [1.82, 2.24) is 0 Å². The van der Waals surface area contributed by atoms with Crippen LogP contribution in [0.25, 0.3) is 0 Å². The van der Waals surface area contributed by atoms with Gasteiger partial charge >= 0.3 is 0 Å². The van der Waals surface area contributed by atoms with E-state index in [1.807, 2.05) is 61.5 Å². The summed E-state index contributed by atoms with van der Waals surface area (Å²) >= 11 is 3.68. The second-order valence-corrected chi connectivity index (χ2v) is 8.88. The zero-order valence-electron chi connectivity index (χ0n) is 18.2. The molecule has 1 unspecified atom stereocenters. The molecule has 0 spiro atoms. The zero-order valence-corrected chi connectivity index (χ0v) is 19.8. The molecule has 0 bridgehead atoms. The molecule has 3 aromatic carbocycles. The number of hydrogen-bond acceptors (Lipinski definition) is 4. The van der Waals surface area contributed by atoms with Crippen LogP contribution in [0.1, 0.15) is 23.6 Å². The summed E-state index contributed by atoms with van der Waals surface area (Å²) < 4.78 is 25.3. The van der Waals surface area contributed by atoms with Crippen LogP contribution in [0, 0.1) is 0 Å². The average Bonchev–Trinajstić information content (AvgIpc) is 2.83. The largest absolute Gasteiger partial charge is 0.368 e. The van der Waals surface area contributed by atoms with Crippen LogP contribution in [-0.2, 0) is 38.8 Å². The number of alkyl halides is 1. The zero-order chi connectivity index (χ0) is 22.2. The number of hydrogen-bond donors (Lipinski definition) is 0. The van der Waals surface area contributed by atoms with Crippen molar-refractivity contribution in [2.75, 3.05) is 0 Å². The molecule has 4 rings (SSSR count). The van der Waals surface area contributed by atoms with Gasteiger partial charge in [0.1, 0.15) is 23.3 Å². The minimum atomic E-state index is -0.323. The van der Waals surface area contributed by atoms with Crippen LogP contribution in [0.3, 0.4) is 0 Å². The first-order valence-electron chi connectivity index (χ1n) is 11.0. The van der Waals surface area contributed by atoms with E-state index < -0.39 is 0 Å². The summed E-state index contributed by atoms with van der Waals surface area (Å²) in [5.74, 6) is 0. The van der Waals surface area contributed by atoms with Crippen molar-refractivity contribution in [3.05, 3.63) is 108 Å². The molecular weight excluding hydrogens is 468 g/mol. The molecule has 0 amide bonds. The quantitative estimate of drug-likeness (QED) is 0.346. The van der Waals surface area contributed by atoms with Gasteiger partial charge in [0.25, 0.3) is 0 Å². The molecule has 1 saturated heterocycles. The van der Waals surface area contributed by atoms with E-state index >= 15 is 0 Å². The standard InChI is InChI=1S/C27H29BrO4/c1-20-24(29-17-21-11-5-2-6-12-21)25(30-18-22-13-7-3-8-14-22)26(27(28)32-20)31-19-23-15-9-4-10-16-23/h2-16,20,24-27H,17-19H2,1H3/t20-,24+,25+,26-,27?/m1/s1. The van der Waals surface area contributed by atoms with Crippen molar-refractivity contribution < 1.29 is 18.9 Å². The number of benzene rings is 3. The molecule has 1 aliphatic rings. The Hall–Kier alpha value is -2.02. The van der Waals surface area contributed by atoms with Gasteiger partial charge in [0.2, 0.25) is 0 Å². The van der Waals surface area contributed by atoms with Crippen molar-refractivity contribution in [3.8, 4) is 0 Å².